The van der Waals surface area contributed by atoms with E-state index in [0.717, 1.165) is 32.5 Å². The molecule has 1 aliphatic rings. The number of pyridine rings is 1. The van der Waals surface area contributed by atoms with Crippen molar-refractivity contribution < 1.29 is 14.3 Å². The average Bonchev–Trinajstić information content (AvgIpc) is 2.99. The fourth-order valence-electron chi connectivity index (χ4n) is 3.37. The van der Waals surface area contributed by atoms with Crippen LogP contribution >= 0.6 is 27.3 Å². The number of piperidine rings is 1. The first-order chi connectivity index (χ1) is 13.1. The number of hydrogen-bond acceptors (Lipinski definition) is 6. The molecule has 3 heterocycles. The van der Waals surface area contributed by atoms with Crippen LogP contribution in [0, 0.1) is 0 Å². The molecule has 3 rings (SSSR count). The molecule has 152 valence electrons. The molecule has 28 heavy (non-hydrogen) atoms. The summed E-state index contributed by atoms with van der Waals surface area (Å²) < 4.78 is 7.25. The van der Waals surface area contributed by atoms with E-state index in [1.807, 2.05) is 33.9 Å². The summed E-state index contributed by atoms with van der Waals surface area (Å²) in [4.78, 5) is 32.6. The highest BCUT2D eigenvalue weighted by Gasteiger charge is 2.31. The molecule has 2 N–H and O–H groups in total. The number of anilines is 1. The summed E-state index contributed by atoms with van der Waals surface area (Å²) in [5.74, 6) is 0.285. The zero-order valence-electron chi connectivity index (χ0n) is 16.5. The second-order valence-electron chi connectivity index (χ2n) is 7.99. The Bertz CT molecular complexity index is 908. The van der Waals surface area contributed by atoms with Crippen LogP contribution in [0.3, 0.4) is 0 Å². The molecule has 0 unspecified atom stereocenters. The molecular formula is C19H25BrN4O3S. The lowest BCUT2D eigenvalue weighted by Crippen LogP contribution is -2.50. The molecule has 0 bridgehead atoms. The third-order valence-corrected chi connectivity index (χ3v) is 6.37. The van der Waals surface area contributed by atoms with E-state index in [4.69, 9.17) is 10.5 Å². The number of likely N-dealkylation sites (N-methyl/N-ethyl adjacent to an activating group) is 1. The first-order valence-corrected chi connectivity index (χ1v) is 10.8. The van der Waals surface area contributed by atoms with E-state index in [1.165, 1.54) is 17.5 Å². The van der Waals surface area contributed by atoms with Gasteiger partial charge in [0.05, 0.1) is 14.0 Å². The summed E-state index contributed by atoms with van der Waals surface area (Å²) in [6.07, 6.45) is 3.09. The van der Waals surface area contributed by atoms with Crippen LogP contribution < -0.4 is 10.6 Å². The van der Waals surface area contributed by atoms with Crippen molar-refractivity contribution in [3.8, 4) is 0 Å². The second kappa shape index (κ2) is 7.87. The van der Waals surface area contributed by atoms with E-state index in [-0.39, 0.29) is 12.1 Å². The Balaban J connectivity index is 1.86. The zero-order chi connectivity index (χ0) is 20.6. The number of halogens is 1. The zero-order valence-corrected chi connectivity index (χ0v) is 18.9. The lowest BCUT2D eigenvalue weighted by Gasteiger charge is -2.38. The number of thiophene rings is 1. The summed E-state index contributed by atoms with van der Waals surface area (Å²) in [6, 6.07) is 2.06. The molecule has 0 radical (unpaired) electrons. The van der Waals surface area contributed by atoms with Crippen LogP contribution in [0.1, 0.15) is 44.0 Å². The number of carbonyl (C=O) groups excluding carboxylic acids is 2. The van der Waals surface area contributed by atoms with Gasteiger partial charge in [-0.2, -0.15) is 0 Å². The molecule has 9 heteroatoms. The third-order valence-electron chi connectivity index (χ3n) is 4.70. The lowest BCUT2D eigenvalue weighted by atomic mass is 10.0. The Morgan fingerprint density at radius 3 is 2.79 bits per heavy atom. The molecule has 0 aromatic carbocycles. The Morgan fingerprint density at radius 1 is 1.43 bits per heavy atom. The Hall–Kier alpha value is -1.87. The van der Waals surface area contributed by atoms with Crippen LogP contribution in [0.5, 0.6) is 0 Å². The van der Waals surface area contributed by atoms with Gasteiger partial charge >= 0.3 is 6.09 Å². The van der Waals surface area contributed by atoms with Gasteiger partial charge in [0.1, 0.15) is 11.4 Å². The molecule has 0 saturated carbocycles. The first kappa shape index (κ1) is 20.9. The number of carbonyl (C=O) groups is 2. The minimum absolute atomic E-state index is 0.107. The predicted octanol–water partition coefficient (Wildman–Crippen LogP) is 3.99. The monoisotopic (exact) mass is 468 g/mol. The van der Waals surface area contributed by atoms with Gasteiger partial charge in [0.25, 0.3) is 5.91 Å². The maximum atomic E-state index is 12.5. The van der Waals surface area contributed by atoms with Gasteiger partial charge < -0.3 is 20.3 Å². The van der Waals surface area contributed by atoms with Gasteiger partial charge in [-0.05, 0) is 55.6 Å². The van der Waals surface area contributed by atoms with Crippen LogP contribution in [0.25, 0.3) is 10.1 Å². The average molecular weight is 469 g/mol. The molecule has 0 aliphatic carbocycles. The van der Waals surface area contributed by atoms with Crippen LogP contribution in [0.2, 0.25) is 0 Å². The van der Waals surface area contributed by atoms with Gasteiger partial charge in [-0.1, -0.05) is 0 Å². The molecule has 1 atom stereocenters. The van der Waals surface area contributed by atoms with Gasteiger partial charge in [-0.25, -0.2) is 9.78 Å². The summed E-state index contributed by atoms with van der Waals surface area (Å²) in [6.45, 7) is 6.86. The van der Waals surface area contributed by atoms with E-state index in [1.54, 1.807) is 4.90 Å². The first-order valence-electron chi connectivity index (χ1n) is 9.15. The van der Waals surface area contributed by atoms with Gasteiger partial charge in [0, 0.05) is 37.8 Å². The lowest BCUT2D eigenvalue weighted by molar-refractivity contribution is 0.0199. The molecule has 7 nitrogen and oxygen atoms in total. The minimum atomic E-state index is -0.517. The van der Waals surface area contributed by atoms with E-state index in [2.05, 4.69) is 25.8 Å². The summed E-state index contributed by atoms with van der Waals surface area (Å²) in [5, 5.41) is 0.880. The number of ether oxygens (including phenoxy) is 1. The topological polar surface area (TPSA) is 88.8 Å². The number of primary amides is 1. The van der Waals surface area contributed by atoms with Crippen molar-refractivity contribution in [1.29, 1.82) is 0 Å². The third kappa shape index (κ3) is 4.41. The van der Waals surface area contributed by atoms with Crippen LogP contribution in [-0.4, -0.2) is 53.7 Å². The summed E-state index contributed by atoms with van der Waals surface area (Å²) in [5.41, 5.74) is 5.40. The summed E-state index contributed by atoms with van der Waals surface area (Å²) in [7, 11) is 1.97. The normalized spacial score (nSPS) is 17.6. The SMILES string of the molecule is CN(c1ncc(C(N)=O)c2sc(Br)cc12)[C@H]1CCCN(C(=O)OC(C)(C)C)C1. The van der Waals surface area contributed by atoms with E-state index in [9.17, 15) is 9.59 Å². The molecule has 2 aromatic rings. The quantitative estimate of drug-likeness (QED) is 0.735. The minimum Gasteiger partial charge on any atom is -0.444 e. The van der Waals surface area contributed by atoms with Crippen molar-refractivity contribution in [3.05, 3.63) is 21.6 Å². The number of rotatable bonds is 3. The molecule has 1 aliphatic heterocycles. The van der Waals surface area contributed by atoms with Crippen molar-refractivity contribution in [2.75, 3.05) is 25.0 Å². The van der Waals surface area contributed by atoms with Crippen LogP contribution in [0.4, 0.5) is 10.6 Å². The number of aromatic nitrogens is 1. The van der Waals surface area contributed by atoms with Crippen molar-refractivity contribution in [1.82, 2.24) is 9.88 Å². The van der Waals surface area contributed by atoms with Gasteiger partial charge in [0.15, 0.2) is 0 Å². The Labute approximate surface area is 177 Å². The van der Waals surface area contributed by atoms with Crippen molar-refractivity contribution in [3.63, 3.8) is 0 Å². The molecule has 1 saturated heterocycles. The number of nitrogens with zero attached hydrogens (tertiary/aromatic N) is 3. The fraction of sp³-hybridized carbons (Fsp3) is 0.526. The number of hydrogen-bond donors (Lipinski definition) is 1. The highest BCUT2D eigenvalue weighted by atomic mass is 79.9. The maximum absolute atomic E-state index is 12.5. The molecule has 0 spiro atoms. The molecule has 1 fully saturated rings. The highest BCUT2D eigenvalue weighted by molar-refractivity contribution is 9.11. The molecule has 2 amide bonds. The fourth-order valence-corrected chi connectivity index (χ4v) is 4.98. The standard InChI is InChI=1S/C19H25BrN4O3S/c1-19(2,3)27-18(26)24-7-5-6-11(10-24)23(4)17-12-8-14(20)28-15(12)13(9-22-17)16(21)25/h8-9,11H,5-7,10H2,1-4H3,(H2,21,25)/t11-/m0/s1. The van der Waals surface area contributed by atoms with Crippen molar-refractivity contribution >= 4 is 55.2 Å². The number of fused-ring (bicyclic) bond motifs is 1. The predicted molar refractivity (Wildman–Crippen MR) is 115 cm³/mol. The Kier molecular flexibility index (Phi) is 5.86. The molecular weight excluding hydrogens is 444 g/mol. The maximum Gasteiger partial charge on any atom is 0.410 e. The largest absolute Gasteiger partial charge is 0.444 e. The Morgan fingerprint density at radius 2 is 2.14 bits per heavy atom. The van der Waals surface area contributed by atoms with Crippen LogP contribution in [-0.2, 0) is 4.74 Å². The number of amides is 2. The van der Waals surface area contributed by atoms with E-state index in [0.29, 0.717) is 18.7 Å². The van der Waals surface area contributed by atoms with Gasteiger partial charge in [0.2, 0.25) is 0 Å². The number of nitrogens with two attached hydrogens (primary N) is 1. The van der Waals surface area contributed by atoms with Crippen molar-refractivity contribution in [2.24, 2.45) is 5.73 Å². The van der Waals surface area contributed by atoms with Crippen LogP contribution in [0.15, 0.2) is 16.0 Å². The summed E-state index contributed by atoms with van der Waals surface area (Å²) >= 11 is 4.96. The van der Waals surface area contributed by atoms with Gasteiger partial charge in [-0.15, -0.1) is 11.3 Å². The van der Waals surface area contributed by atoms with Gasteiger partial charge in [-0.3, -0.25) is 4.79 Å². The highest BCUT2D eigenvalue weighted by Crippen LogP contribution is 2.37. The van der Waals surface area contributed by atoms with Crippen molar-refractivity contribution in [2.45, 2.75) is 45.3 Å². The van der Waals surface area contributed by atoms with E-state index >= 15 is 0 Å². The number of likely N-dealkylation sites (tertiary alicyclic amines) is 1. The molecule has 2 aromatic heterocycles. The van der Waals surface area contributed by atoms with E-state index < -0.39 is 11.5 Å². The second-order valence-corrected chi connectivity index (χ2v) is 10.4. The smallest absolute Gasteiger partial charge is 0.410 e.